The Hall–Kier alpha value is -0.710. The molecular formula is C14H15BrFNS. The Balaban J connectivity index is 1.74. The number of hydrogen-bond donors (Lipinski definition) is 1. The number of hydrogen-bond acceptors (Lipinski definition) is 2. The highest BCUT2D eigenvalue weighted by molar-refractivity contribution is 9.10. The van der Waals surface area contributed by atoms with Crippen LogP contribution in [-0.2, 0) is 13.0 Å². The third kappa shape index (κ3) is 3.90. The van der Waals surface area contributed by atoms with Crippen molar-refractivity contribution >= 4 is 27.3 Å². The predicted octanol–water partition coefficient (Wildman–Crippen LogP) is 4.29. The van der Waals surface area contributed by atoms with Gasteiger partial charge in [0.15, 0.2) is 0 Å². The minimum absolute atomic E-state index is 0.175. The van der Waals surface area contributed by atoms with Gasteiger partial charge in [0.2, 0.25) is 0 Å². The third-order valence-corrected chi connectivity index (χ3v) is 4.85. The molecule has 0 aliphatic carbocycles. The summed E-state index contributed by atoms with van der Waals surface area (Å²) in [6, 6.07) is 8.85. The second kappa shape index (κ2) is 6.45. The van der Waals surface area contributed by atoms with Crippen LogP contribution >= 0.6 is 27.3 Å². The topological polar surface area (TPSA) is 12.0 Å². The van der Waals surface area contributed by atoms with Crippen LogP contribution in [0.1, 0.15) is 15.3 Å². The largest absolute Gasteiger partial charge is 0.312 e. The summed E-state index contributed by atoms with van der Waals surface area (Å²) in [5, 5.41) is 3.40. The Bertz CT molecular complexity index is 488. The molecule has 0 aliphatic rings. The van der Waals surface area contributed by atoms with Crippen molar-refractivity contribution in [2.75, 3.05) is 6.54 Å². The smallest absolute Gasteiger partial charge is 0.123 e. The summed E-state index contributed by atoms with van der Waals surface area (Å²) in [4.78, 5) is 2.64. The highest BCUT2D eigenvalue weighted by Crippen LogP contribution is 2.25. The van der Waals surface area contributed by atoms with E-state index in [-0.39, 0.29) is 5.82 Å². The van der Waals surface area contributed by atoms with Gasteiger partial charge in [-0.1, -0.05) is 12.1 Å². The van der Waals surface area contributed by atoms with Gasteiger partial charge in [-0.15, -0.1) is 11.3 Å². The van der Waals surface area contributed by atoms with Gasteiger partial charge in [-0.2, -0.15) is 0 Å². The zero-order chi connectivity index (χ0) is 13.0. The average molecular weight is 328 g/mol. The number of thiophene rings is 1. The van der Waals surface area contributed by atoms with Crippen LogP contribution in [0.5, 0.6) is 0 Å². The van der Waals surface area contributed by atoms with Gasteiger partial charge in [0.1, 0.15) is 5.82 Å². The number of benzene rings is 1. The molecule has 0 saturated carbocycles. The first kappa shape index (κ1) is 13.7. The second-order valence-electron chi connectivity index (χ2n) is 4.17. The lowest BCUT2D eigenvalue weighted by Crippen LogP contribution is -2.15. The molecule has 1 N–H and O–H groups in total. The first-order chi connectivity index (χ1) is 8.65. The monoisotopic (exact) mass is 327 g/mol. The van der Waals surface area contributed by atoms with Crippen LogP contribution in [-0.4, -0.2) is 6.54 Å². The molecule has 0 bridgehead atoms. The van der Waals surface area contributed by atoms with E-state index < -0.39 is 0 Å². The summed E-state index contributed by atoms with van der Waals surface area (Å²) in [6.45, 7) is 3.90. The van der Waals surface area contributed by atoms with Crippen LogP contribution in [0, 0.1) is 12.7 Å². The molecule has 0 radical (unpaired) electrons. The van der Waals surface area contributed by atoms with Gasteiger partial charge in [0.25, 0.3) is 0 Å². The molecule has 18 heavy (non-hydrogen) atoms. The summed E-state index contributed by atoms with van der Waals surface area (Å²) in [5.41, 5.74) is 1.16. The van der Waals surface area contributed by atoms with E-state index >= 15 is 0 Å². The van der Waals surface area contributed by atoms with E-state index in [1.54, 1.807) is 11.3 Å². The quantitative estimate of drug-likeness (QED) is 0.808. The van der Waals surface area contributed by atoms with Crippen LogP contribution in [0.4, 0.5) is 4.39 Å². The number of rotatable bonds is 5. The Morgan fingerprint density at radius 3 is 2.61 bits per heavy atom. The van der Waals surface area contributed by atoms with E-state index in [9.17, 15) is 4.39 Å². The van der Waals surface area contributed by atoms with Gasteiger partial charge in [-0.25, -0.2) is 4.39 Å². The van der Waals surface area contributed by atoms with E-state index in [1.807, 2.05) is 12.1 Å². The predicted molar refractivity (Wildman–Crippen MR) is 78.6 cm³/mol. The van der Waals surface area contributed by atoms with Crippen LogP contribution in [0.2, 0.25) is 0 Å². The summed E-state index contributed by atoms with van der Waals surface area (Å²) in [6.07, 6.45) is 0.922. The first-order valence-corrected chi connectivity index (χ1v) is 7.46. The average Bonchev–Trinajstić information content (AvgIpc) is 2.67. The molecule has 0 unspecified atom stereocenters. The van der Waals surface area contributed by atoms with E-state index in [2.05, 4.69) is 34.2 Å². The van der Waals surface area contributed by atoms with Crippen molar-refractivity contribution in [3.63, 3.8) is 0 Å². The Labute approximate surface area is 119 Å². The molecule has 2 aromatic rings. The van der Waals surface area contributed by atoms with E-state index in [0.717, 1.165) is 25.1 Å². The lowest BCUT2D eigenvalue weighted by molar-refractivity contribution is 0.626. The molecule has 96 valence electrons. The lowest BCUT2D eigenvalue weighted by atomic mass is 10.1. The summed E-state index contributed by atoms with van der Waals surface area (Å²) in [7, 11) is 0. The van der Waals surface area contributed by atoms with E-state index in [0.29, 0.717) is 0 Å². The van der Waals surface area contributed by atoms with Crippen LogP contribution in [0.25, 0.3) is 0 Å². The Morgan fingerprint density at radius 1 is 1.28 bits per heavy atom. The van der Waals surface area contributed by atoms with Gasteiger partial charge in [0, 0.05) is 20.8 Å². The van der Waals surface area contributed by atoms with Crippen LogP contribution in [0.3, 0.4) is 0 Å². The lowest BCUT2D eigenvalue weighted by Gasteiger charge is -2.03. The zero-order valence-electron chi connectivity index (χ0n) is 10.2. The van der Waals surface area contributed by atoms with Crippen molar-refractivity contribution in [2.45, 2.75) is 19.9 Å². The summed E-state index contributed by atoms with van der Waals surface area (Å²) in [5.74, 6) is -0.175. The highest BCUT2D eigenvalue weighted by Gasteiger charge is 2.02. The molecule has 1 aromatic heterocycles. The highest BCUT2D eigenvalue weighted by atomic mass is 79.9. The van der Waals surface area contributed by atoms with Crippen molar-refractivity contribution < 1.29 is 4.39 Å². The van der Waals surface area contributed by atoms with Gasteiger partial charge in [-0.3, -0.25) is 0 Å². The van der Waals surface area contributed by atoms with Gasteiger partial charge in [0.05, 0.1) is 0 Å². The molecular weight excluding hydrogens is 313 g/mol. The molecule has 2 rings (SSSR count). The van der Waals surface area contributed by atoms with Gasteiger partial charge in [-0.05, 0) is 59.6 Å². The number of nitrogens with one attached hydrogen (secondary N) is 1. The summed E-state index contributed by atoms with van der Waals surface area (Å²) < 4.78 is 13.9. The number of aryl methyl sites for hydroxylation is 1. The SMILES string of the molecule is Cc1sc(CNCCc2ccc(F)cc2)cc1Br. The van der Waals surface area contributed by atoms with Crippen molar-refractivity contribution in [2.24, 2.45) is 0 Å². The van der Waals surface area contributed by atoms with E-state index in [4.69, 9.17) is 0 Å². The molecule has 0 saturated heterocycles. The fourth-order valence-corrected chi connectivity index (χ4v) is 3.27. The Kier molecular flexibility index (Phi) is 4.92. The standard InChI is InChI=1S/C14H15BrFNS/c1-10-14(15)8-13(18-10)9-17-7-6-11-2-4-12(16)5-3-11/h2-5,8,17H,6-7,9H2,1H3. The normalized spacial score (nSPS) is 10.8. The molecule has 0 atom stereocenters. The van der Waals surface area contributed by atoms with Crippen molar-refractivity contribution in [3.8, 4) is 0 Å². The van der Waals surface area contributed by atoms with Crippen LogP contribution in [0.15, 0.2) is 34.8 Å². The fraction of sp³-hybridized carbons (Fsp3) is 0.286. The van der Waals surface area contributed by atoms with Crippen molar-refractivity contribution in [3.05, 3.63) is 55.9 Å². The van der Waals surface area contributed by atoms with Gasteiger partial charge < -0.3 is 5.32 Å². The van der Waals surface area contributed by atoms with Gasteiger partial charge >= 0.3 is 0 Å². The molecule has 0 spiro atoms. The zero-order valence-corrected chi connectivity index (χ0v) is 12.6. The van der Waals surface area contributed by atoms with Crippen molar-refractivity contribution in [1.82, 2.24) is 5.32 Å². The van der Waals surface area contributed by atoms with Crippen LogP contribution < -0.4 is 5.32 Å². The fourth-order valence-electron chi connectivity index (χ4n) is 1.70. The maximum atomic E-state index is 12.7. The maximum absolute atomic E-state index is 12.7. The van der Waals surface area contributed by atoms with E-state index in [1.165, 1.54) is 26.4 Å². The summed E-state index contributed by atoms with van der Waals surface area (Å²) >= 11 is 5.32. The molecule has 1 heterocycles. The third-order valence-electron chi connectivity index (χ3n) is 2.71. The minimum Gasteiger partial charge on any atom is -0.312 e. The maximum Gasteiger partial charge on any atom is 0.123 e. The molecule has 1 nitrogen and oxygen atoms in total. The Morgan fingerprint density at radius 2 is 2.00 bits per heavy atom. The molecule has 0 fully saturated rings. The number of halogens is 2. The minimum atomic E-state index is -0.175. The molecule has 0 aliphatic heterocycles. The van der Waals surface area contributed by atoms with Crippen molar-refractivity contribution in [1.29, 1.82) is 0 Å². The first-order valence-electron chi connectivity index (χ1n) is 5.85. The molecule has 4 heteroatoms. The molecule has 1 aromatic carbocycles. The molecule has 0 amide bonds. The second-order valence-corrected chi connectivity index (χ2v) is 6.37.